The van der Waals surface area contributed by atoms with Gasteiger partial charge in [0.1, 0.15) is 0 Å². The third kappa shape index (κ3) is 1.60. The molecule has 2 aromatic rings. The van der Waals surface area contributed by atoms with Crippen molar-refractivity contribution >= 4 is 0 Å². The number of hydrogen-bond acceptors (Lipinski definition) is 5. The third-order valence-electron chi connectivity index (χ3n) is 1.93. The minimum atomic E-state index is -0.373. The van der Waals surface area contributed by atoms with E-state index in [9.17, 15) is 0 Å². The highest BCUT2D eigenvalue weighted by molar-refractivity contribution is 5.21. The fraction of sp³-hybridized carbons (Fsp3) is 0.250. The van der Waals surface area contributed by atoms with Gasteiger partial charge in [0.25, 0.3) is 0 Å². The van der Waals surface area contributed by atoms with E-state index in [1.807, 2.05) is 19.1 Å². The van der Waals surface area contributed by atoms with Crippen LogP contribution in [0.25, 0.3) is 0 Å². The summed E-state index contributed by atoms with van der Waals surface area (Å²) in [5, 5.41) is 13.4. The SMILES string of the molecule is Cc1ccc(C(N)c2nn[nH]n2)cn1. The average molecular weight is 190 g/mol. The van der Waals surface area contributed by atoms with Gasteiger partial charge in [0.05, 0.1) is 6.04 Å². The summed E-state index contributed by atoms with van der Waals surface area (Å²) < 4.78 is 0. The highest BCUT2D eigenvalue weighted by Gasteiger charge is 2.12. The lowest BCUT2D eigenvalue weighted by atomic mass is 10.1. The van der Waals surface area contributed by atoms with Gasteiger partial charge >= 0.3 is 0 Å². The standard InChI is InChI=1S/C8H10N6/c1-5-2-3-6(4-10-5)7(9)8-11-13-14-12-8/h2-4,7H,9H2,1H3,(H,11,12,13,14). The van der Waals surface area contributed by atoms with E-state index in [0.717, 1.165) is 11.3 Å². The molecule has 0 saturated heterocycles. The zero-order valence-electron chi connectivity index (χ0n) is 7.68. The van der Waals surface area contributed by atoms with Gasteiger partial charge in [-0.3, -0.25) is 4.98 Å². The number of nitrogens with two attached hydrogens (primary N) is 1. The molecule has 0 bridgehead atoms. The first-order chi connectivity index (χ1) is 6.77. The van der Waals surface area contributed by atoms with E-state index in [-0.39, 0.29) is 6.04 Å². The van der Waals surface area contributed by atoms with Crippen molar-refractivity contribution in [3.05, 3.63) is 35.4 Å². The first-order valence-corrected chi connectivity index (χ1v) is 4.19. The Morgan fingerprint density at radius 2 is 2.29 bits per heavy atom. The summed E-state index contributed by atoms with van der Waals surface area (Å²) in [6.45, 7) is 1.92. The molecule has 6 nitrogen and oxygen atoms in total. The number of hydrogen-bond donors (Lipinski definition) is 2. The smallest absolute Gasteiger partial charge is 0.195 e. The minimum absolute atomic E-state index is 0.373. The van der Waals surface area contributed by atoms with E-state index < -0.39 is 0 Å². The molecular weight excluding hydrogens is 180 g/mol. The molecule has 0 radical (unpaired) electrons. The summed E-state index contributed by atoms with van der Waals surface area (Å²) in [6.07, 6.45) is 1.72. The lowest BCUT2D eigenvalue weighted by Gasteiger charge is -2.06. The van der Waals surface area contributed by atoms with Crippen LogP contribution in [0.2, 0.25) is 0 Å². The molecule has 2 heterocycles. The first-order valence-electron chi connectivity index (χ1n) is 4.19. The molecule has 0 fully saturated rings. The lowest BCUT2D eigenvalue weighted by molar-refractivity contribution is 0.779. The highest BCUT2D eigenvalue weighted by Crippen LogP contribution is 2.13. The van der Waals surface area contributed by atoms with Crippen molar-refractivity contribution in [2.45, 2.75) is 13.0 Å². The molecule has 0 aliphatic rings. The quantitative estimate of drug-likeness (QED) is 0.692. The molecule has 14 heavy (non-hydrogen) atoms. The summed E-state index contributed by atoms with van der Waals surface area (Å²) in [7, 11) is 0. The van der Waals surface area contributed by atoms with Crippen LogP contribution in [-0.4, -0.2) is 25.6 Å². The van der Waals surface area contributed by atoms with Gasteiger partial charge < -0.3 is 5.73 Å². The Bertz CT molecular complexity index is 392. The Kier molecular flexibility index (Phi) is 2.19. The van der Waals surface area contributed by atoms with Gasteiger partial charge in [0.15, 0.2) is 5.82 Å². The van der Waals surface area contributed by atoms with Gasteiger partial charge in [-0.05, 0) is 18.6 Å². The molecular formula is C8H10N6. The van der Waals surface area contributed by atoms with Crippen LogP contribution >= 0.6 is 0 Å². The van der Waals surface area contributed by atoms with Gasteiger partial charge in [-0.15, -0.1) is 10.2 Å². The van der Waals surface area contributed by atoms with Crippen molar-refractivity contribution in [2.24, 2.45) is 5.73 Å². The number of H-pyrrole nitrogens is 1. The second-order valence-corrected chi connectivity index (χ2v) is 2.98. The van der Waals surface area contributed by atoms with E-state index in [0.29, 0.717) is 5.82 Å². The van der Waals surface area contributed by atoms with E-state index in [2.05, 4.69) is 25.6 Å². The first kappa shape index (κ1) is 8.76. The average Bonchev–Trinajstić information content (AvgIpc) is 2.71. The van der Waals surface area contributed by atoms with Crippen LogP contribution in [0.5, 0.6) is 0 Å². The summed E-state index contributed by atoms with van der Waals surface area (Å²) >= 11 is 0. The largest absolute Gasteiger partial charge is 0.317 e. The molecule has 2 rings (SSSR count). The van der Waals surface area contributed by atoms with Crippen LogP contribution in [0.1, 0.15) is 23.1 Å². The molecule has 3 N–H and O–H groups in total. The van der Waals surface area contributed by atoms with Gasteiger partial charge in [0.2, 0.25) is 0 Å². The fourth-order valence-corrected chi connectivity index (χ4v) is 1.11. The number of aromatic amines is 1. The number of pyridine rings is 1. The molecule has 2 aromatic heterocycles. The number of nitrogens with zero attached hydrogens (tertiary/aromatic N) is 4. The molecule has 6 heteroatoms. The predicted octanol–water partition coefficient (Wildman–Crippen LogP) is -0.0488. The maximum Gasteiger partial charge on any atom is 0.195 e. The van der Waals surface area contributed by atoms with E-state index in [1.54, 1.807) is 6.20 Å². The molecule has 0 saturated carbocycles. The van der Waals surface area contributed by atoms with E-state index in [4.69, 9.17) is 5.73 Å². The maximum atomic E-state index is 5.89. The topological polar surface area (TPSA) is 93.4 Å². The van der Waals surface area contributed by atoms with Gasteiger partial charge in [-0.1, -0.05) is 11.3 Å². The normalized spacial score (nSPS) is 12.7. The molecule has 72 valence electrons. The van der Waals surface area contributed by atoms with Gasteiger partial charge in [0, 0.05) is 11.9 Å². The number of nitrogens with one attached hydrogen (secondary N) is 1. The van der Waals surface area contributed by atoms with Crippen molar-refractivity contribution in [1.29, 1.82) is 0 Å². The van der Waals surface area contributed by atoms with Crippen molar-refractivity contribution < 1.29 is 0 Å². The van der Waals surface area contributed by atoms with Gasteiger partial charge in [-0.25, -0.2) is 0 Å². The number of aryl methyl sites for hydroxylation is 1. The van der Waals surface area contributed by atoms with Crippen LogP contribution in [0.4, 0.5) is 0 Å². The third-order valence-corrected chi connectivity index (χ3v) is 1.93. The van der Waals surface area contributed by atoms with Crippen LogP contribution in [0.3, 0.4) is 0 Å². The molecule has 1 atom stereocenters. The van der Waals surface area contributed by atoms with Crippen LogP contribution in [-0.2, 0) is 0 Å². The van der Waals surface area contributed by atoms with Crippen LogP contribution in [0, 0.1) is 6.92 Å². The molecule has 0 amide bonds. The zero-order valence-corrected chi connectivity index (χ0v) is 7.68. The Balaban J connectivity index is 2.28. The van der Waals surface area contributed by atoms with Crippen molar-refractivity contribution in [2.75, 3.05) is 0 Å². The fourth-order valence-electron chi connectivity index (χ4n) is 1.11. The minimum Gasteiger partial charge on any atom is -0.317 e. The summed E-state index contributed by atoms with van der Waals surface area (Å²) in [5.41, 5.74) is 7.71. The molecule has 0 spiro atoms. The molecule has 0 aliphatic carbocycles. The van der Waals surface area contributed by atoms with Gasteiger partial charge in [-0.2, -0.15) is 5.21 Å². The maximum absolute atomic E-state index is 5.89. The zero-order chi connectivity index (χ0) is 9.97. The molecule has 0 aromatic carbocycles. The van der Waals surface area contributed by atoms with E-state index in [1.165, 1.54) is 0 Å². The Morgan fingerprint density at radius 3 is 2.86 bits per heavy atom. The van der Waals surface area contributed by atoms with Crippen molar-refractivity contribution in [1.82, 2.24) is 25.6 Å². The van der Waals surface area contributed by atoms with E-state index >= 15 is 0 Å². The second kappa shape index (κ2) is 3.51. The summed E-state index contributed by atoms with van der Waals surface area (Å²) in [5.74, 6) is 0.468. The Hall–Kier alpha value is -1.82. The van der Waals surface area contributed by atoms with Crippen molar-refractivity contribution in [3.63, 3.8) is 0 Å². The van der Waals surface area contributed by atoms with Crippen LogP contribution < -0.4 is 5.73 Å². The molecule has 1 unspecified atom stereocenters. The number of aromatic nitrogens is 5. The Morgan fingerprint density at radius 1 is 1.43 bits per heavy atom. The molecule has 0 aliphatic heterocycles. The lowest BCUT2D eigenvalue weighted by Crippen LogP contribution is -2.14. The van der Waals surface area contributed by atoms with Crippen molar-refractivity contribution in [3.8, 4) is 0 Å². The highest BCUT2D eigenvalue weighted by atomic mass is 15.5. The predicted molar refractivity (Wildman–Crippen MR) is 49.2 cm³/mol. The number of tetrazole rings is 1. The monoisotopic (exact) mass is 190 g/mol. The summed E-state index contributed by atoms with van der Waals surface area (Å²) in [6, 6.07) is 3.43. The second-order valence-electron chi connectivity index (χ2n) is 2.98. The summed E-state index contributed by atoms with van der Waals surface area (Å²) in [4.78, 5) is 4.14. The number of rotatable bonds is 2. The van der Waals surface area contributed by atoms with Crippen LogP contribution in [0.15, 0.2) is 18.3 Å². The Labute approximate surface area is 80.6 Å².